The number of hydrogen-bond donors (Lipinski definition) is 2. The number of fused-ring (bicyclic) bond motifs is 1. The van der Waals surface area contributed by atoms with Crippen LogP contribution in [-0.4, -0.2) is 41.2 Å². The maximum atomic E-state index is 13.7. The van der Waals surface area contributed by atoms with Gasteiger partial charge in [-0.3, -0.25) is 23.5 Å². The van der Waals surface area contributed by atoms with Crippen molar-refractivity contribution in [3.63, 3.8) is 0 Å². The van der Waals surface area contributed by atoms with Crippen LogP contribution < -0.4 is 31.4 Å². The zero-order valence-corrected chi connectivity index (χ0v) is 22.9. The van der Waals surface area contributed by atoms with Crippen molar-refractivity contribution in [2.45, 2.75) is 39.4 Å². The van der Waals surface area contributed by atoms with Crippen LogP contribution in [0.4, 0.5) is 5.69 Å². The van der Waals surface area contributed by atoms with E-state index in [4.69, 9.17) is 9.47 Å². The van der Waals surface area contributed by atoms with Gasteiger partial charge in [0.1, 0.15) is 6.54 Å². The molecule has 1 atom stereocenters. The highest BCUT2D eigenvalue weighted by molar-refractivity contribution is 5.94. The first kappa shape index (κ1) is 28.2. The van der Waals surface area contributed by atoms with Crippen molar-refractivity contribution in [2.24, 2.45) is 0 Å². The highest BCUT2D eigenvalue weighted by Crippen LogP contribution is 2.30. The van der Waals surface area contributed by atoms with Gasteiger partial charge in [0, 0.05) is 23.4 Å². The number of ether oxygens (including phenoxy) is 2. The summed E-state index contributed by atoms with van der Waals surface area (Å²) in [5.41, 5.74) is 0.728. The number of anilines is 1. The van der Waals surface area contributed by atoms with Crippen LogP contribution in [0.15, 0.2) is 76.3 Å². The van der Waals surface area contributed by atoms with Gasteiger partial charge in [0.05, 0.1) is 31.7 Å². The Bertz CT molecular complexity index is 1640. The molecule has 0 aliphatic rings. The second-order valence-corrected chi connectivity index (χ2v) is 9.38. The number of benzene rings is 3. The third-order valence-electron chi connectivity index (χ3n) is 6.64. The van der Waals surface area contributed by atoms with Gasteiger partial charge >= 0.3 is 5.69 Å². The zero-order chi connectivity index (χ0) is 28.8. The Morgan fingerprint density at radius 2 is 1.55 bits per heavy atom. The lowest BCUT2D eigenvalue weighted by Crippen LogP contribution is -2.42. The topological polar surface area (TPSA) is 121 Å². The molecule has 10 nitrogen and oxygen atoms in total. The van der Waals surface area contributed by atoms with Crippen molar-refractivity contribution >= 4 is 28.4 Å². The molecule has 0 bridgehead atoms. The van der Waals surface area contributed by atoms with Crippen molar-refractivity contribution in [3.8, 4) is 11.5 Å². The number of amides is 2. The molecular formula is C30H32N4O6. The molecule has 3 aromatic carbocycles. The van der Waals surface area contributed by atoms with Gasteiger partial charge in [0.25, 0.3) is 11.5 Å². The van der Waals surface area contributed by atoms with E-state index in [-0.39, 0.29) is 35.9 Å². The average Bonchev–Trinajstić information content (AvgIpc) is 2.97. The number of methoxy groups -OCH3 is 2. The van der Waals surface area contributed by atoms with Crippen LogP contribution in [0, 0.1) is 0 Å². The molecule has 208 valence electrons. The first-order valence-electron chi connectivity index (χ1n) is 12.9. The standard InChI is InChI=1S/C30H32N4O6/c1-5-19(2)31-28(36)21-13-11-20(12-14-21)17-34-29(37)23-15-25(39-3)26(40-4)16-24(23)33(30(34)38)18-27(35)32-22-9-7-6-8-10-22/h6-16,19H,5,17-18H2,1-4H3,(H,31,36)(H,32,35)/t19-/m0/s1. The SMILES string of the molecule is CC[C@H](C)NC(=O)c1ccc(Cn2c(=O)c3cc(OC)c(OC)cc3n(CC(=O)Nc3ccccc3)c2=O)cc1. The number of carbonyl (C=O) groups is 2. The van der Waals surface area contributed by atoms with E-state index in [2.05, 4.69) is 10.6 Å². The Morgan fingerprint density at radius 1 is 0.900 bits per heavy atom. The van der Waals surface area contributed by atoms with E-state index in [0.29, 0.717) is 28.3 Å². The maximum Gasteiger partial charge on any atom is 0.332 e. The maximum absolute atomic E-state index is 13.7. The minimum Gasteiger partial charge on any atom is -0.493 e. The zero-order valence-electron chi connectivity index (χ0n) is 22.9. The van der Waals surface area contributed by atoms with Crippen LogP contribution in [0.1, 0.15) is 36.2 Å². The van der Waals surface area contributed by atoms with Gasteiger partial charge in [0.15, 0.2) is 11.5 Å². The Morgan fingerprint density at radius 3 is 2.17 bits per heavy atom. The number of nitrogens with zero attached hydrogens (tertiary/aromatic N) is 2. The molecule has 40 heavy (non-hydrogen) atoms. The second-order valence-electron chi connectivity index (χ2n) is 9.38. The average molecular weight is 545 g/mol. The van der Waals surface area contributed by atoms with Crippen molar-refractivity contribution in [1.82, 2.24) is 14.5 Å². The molecule has 1 heterocycles. The second kappa shape index (κ2) is 12.3. The fourth-order valence-electron chi connectivity index (χ4n) is 4.26. The molecule has 0 radical (unpaired) electrons. The van der Waals surface area contributed by atoms with Crippen LogP contribution in [0.3, 0.4) is 0 Å². The Kier molecular flexibility index (Phi) is 8.68. The first-order valence-corrected chi connectivity index (χ1v) is 12.9. The highest BCUT2D eigenvalue weighted by atomic mass is 16.5. The molecule has 2 amide bonds. The van der Waals surface area contributed by atoms with E-state index in [0.717, 1.165) is 11.0 Å². The largest absolute Gasteiger partial charge is 0.493 e. The summed E-state index contributed by atoms with van der Waals surface area (Å²) < 4.78 is 13.1. The smallest absolute Gasteiger partial charge is 0.332 e. The summed E-state index contributed by atoms with van der Waals surface area (Å²) in [5.74, 6) is -0.00728. The quantitative estimate of drug-likeness (QED) is 0.316. The van der Waals surface area contributed by atoms with E-state index in [1.807, 2.05) is 19.9 Å². The Hall–Kier alpha value is -4.86. The Balaban J connectivity index is 1.75. The van der Waals surface area contributed by atoms with E-state index in [1.54, 1.807) is 48.5 Å². The molecule has 1 aromatic heterocycles. The predicted octanol–water partition coefficient (Wildman–Crippen LogP) is 3.40. The van der Waals surface area contributed by atoms with Crippen molar-refractivity contribution in [1.29, 1.82) is 0 Å². The van der Waals surface area contributed by atoms with Gasteiger partial charge in [-0.1, -0.05) is 37.3 Å². The van der Waals surface area contributed by atoms with Crippen LogP contribution in [0.5, 0.6) is 11.5 Å². The van der Waals surface area contributed by atoms with Crippen molar-refractivity contribution < 1.29 is 19.1 Å². The van der Waals surface area contributed by atoms with Crippen molar-refractivity contribution in [2.75, 3.05) is 19.5 Å². The highest BCUT2D eigenvalue weighted by Gasteiger charge is 2.19. The molecule has 10 heteroatoms. The van der Waals surface area contributed by atoms with E-state index in [1.165, 1.54) is 30.9 Å². The number of rotatable bonds is 10. The van der Waals surface area contributed by atoms with Gasteiger partial charge in [-0.05, 0) is 49.2 Å². The molecule has 0 aliphatic heterocycles. The van der Waals surface area contributed by atoms with Gasteiger partial charge in [-0.15, -0.1) is 0 Å². The Labute approximate surface area is 231 Å². The summed E-state index contributed by atoms with van der Waals surface area (Å²) >= 11 is 0. The van der Waals surface area contributed by atoms with Gasteiger partial charge in [-0.25, -0.2) is 4.79 Å². The summed E-state index contributed by atoms with van der Waals surface area (Å²) in [6.07, 6.45) is 0.807. The third-order valence-corrected chi connectivity index (χ3v) is 6.64. The molecule has 0 unspecified atom stereocenters. The summed E-state index contributed by atoms with van der Waals surface area (Å²) in [5, 5.41) is 5.87. The number of nitrogens with one attached hydrogen (secondary N) is 2. The third kappa shape index (κ3) is 6.06. The molecule has 0 saturated carbocycles. The number of hydrogen-bond acceptors (Lipinski definition) is 6. The molecule has 4 aromatic rings. The van der Waals surface area contributed by atoms with Gasteiger partial charge in [0.2, 0.25) is 5.91 Å². The van der Waals surface area contributed by atoms with E-state index < -0.39 is 17.2 Å². The molecule has 4 rings (SSSR count). The lowest BCUT2D eigenvalue weighted by Gasteiger charge is -2.16. The molecule has 0 fully saturated rings. The summed E-state index contributed by atoms with van der Waals surface area (Å²) in [4.78, 5) is 52.7. The van der Waals surface area contributed by atoms with Crippen LogP contribution >= 0.6 is 0 Å². The molecule has 0 saturated heterocycles. The minimum absolute atomic E-state index is 0.0385. The summed E-state index contributed by atoms with van der Waals surface area (Å²) in [6, 6.07) is 18.6. The van der Waals surface area contributed by atoms with Gasteiger partial charge in [-0.2, -0.15) is 0 Å². The normalized spacial score (nSPS) is 11.6. The van der Waals surface area contributed by atoms with E-state index >= 15 is 0 Å². The van der Waals surface area contributed by atoms with Gasteiger partial charge < -0.3 is 20.1 Å². The molecule has 0 spiro atoms. The number of carbonyl (C=O) groups excluding carboxylic acids is 2. The van der Waals surface area contributed by atoms with Crippen LogP contribution in [0.2, 0.25) is 0 Å². The lowest BCUT2D eigenvalue weighted by atomic mass is 10.1. The first-order chi connectivity index (χ1) is 19.2. The molecule has 0 aliphatic carbocycles. The monoisotopic (exact) mass is 544 g/mol. The lowest BCUT2D eigenvalue weighted by molar-refractivity contribution is -0.116. The number of para-hydroxylation sites is 1. The minimum atomic E-state index is -0.661. The fraction of sp³-hybridized carbons (Fsp3) is 0.267. The summed E-state index contributed by atoms with van der Waals surface area (Å²) in [7, 11) is 2.90. The van der Waals surface area contributed by atoms with E-state index in [9.17, 15) is 19.2 Å². The van der Waals surface area contributed by atoms with Crippen molar-refractivity contribution in [3.05, 3.63) is 98.7 Å². The molecule has 2 N–H and O–H groups in total. The van der Waals surface area contributed by atoms with Crippen LogP contribution in [-0.2, 0) is 17.9 Å². The molecular weight excluding hydrogens is 512 g/mol. The number of aromatic nitrogens is 2. The van der Waals surface area contributed by atoms with Crippen LogP contribution in [0.25, 0.3) is 10.9 Å². The predicted molar refractivity (Wildman–Crippen MR) is 153 cm³/mol. The summed E-state index contributed by atoms with van der Waals surface area (Å²) in [6.45, 7) is 3.51. The fourth-order valence-corrected chi connectivity index (χ4v) is 4.26.